The highest BCUT2D eigenvalue weighted by Gasteiger charge is 2.11. The van der Waals surface area contributed by atoms with Crippen molar-refractivity contribution < 1.29 is 8.42 Å². The predicted octanol–water partition coefficient (Wildman–Crippen LogP) is 1.30. The molecule has 0 unspecified atom stereocenters. The van der Waals surface area contributed by atoms with Gasteiger partial charge >= 0.3 is 0 Å². The zero-order chi connectivity index (χ0) is 12.6. The summed E-state index contributed by atoms with van der Waals surface area (Å²) in [6, 6.07) is 7.30. The van der Waals surface area contributed by atoms with Crippen LogP contribution < -0.4 is 5.32 Å². The maximum atomic E-state index is 11.5. The first-order chi connectivity index (χ1) is 7.93. The molecule has 0 aliphatic carbocycles. The first-order valence-electron chi connectivity index (χ1n) is 5.36. The standard InChI is InChI=1S/C12H16N2O2S/c1-13-8-10-6-9-4-5-11(17(3,15)16)7-12(9)14(10)2/h4-7,13H,8H2,1-3H3. The average Bonchev–Trinajstić information content (AvgIpc) is 2.55. The largest absolute Gasteiger partial charge is 0.346 e. The number of nitrogens with one attached hydrogen (secondary N) is 1. The lowest BCUT2D eigenvalue weighted by atomic mass is 10.2. The zero-order valence-electron chi connectivity index (χ0n) is 10.2. The van der Waals surface area contributed by atoms with Crippen LogP contribution in [-0.4, -0.2) is 26.3 Å². The number of hydrogen-bond donors (Lipinski definition) is 1. The Morgan fingerprint density at radius 1 is 1.29 bits per heavy atom. The van der Waals surface area contributed by atoms with Crippen LogP contribution in [0, 0.1) is 0 Å². The van der Waals surface area contributed by atoms with E-state index in [1.165, 1.54) is 6.26 Å². The number of aromatic nitrogens is 1. The van der Waals surface area contributed by atoms with Crippen LogP contribution >= 0.6 is 0 Å². The summed E-state index contributed by atoms with van der Waals surface area (Å²) in [5.74, 6) is 0. The molecule has 92 valence electrons. The zero-order valence-corrected chi connectivity index (χ0v) is 11.0. The van der Waals surface area contributed by atoms with Crippen molar-refractivity contribution in [2.24, 2.45) is 7.05 Å². The molecule has 0 saturated heterocycles. The van der Waals surface area contributed by atoms with Crippen molar-refractivity contribution in [1.29, 1.82) is 0 Å². The van der Waals surface area contributed by atoms with Gasteiger partial charge in [-0.05, 0) is 30.6 Å². The van der Waals surface area contributed by atoms with Gasteiger partial charge in [-0.3, -0.25) is 0 Å². The fourth-order valence-electron chi connectivity index (χ4n) is 1.95. The van der Waals surface area contributed by atoms with Crippen LogP contribution in [-0.2, 0) is 23.4 Å². The smallest absolute Gasteiger partial charge is 0.175 e. The van der Waals surface area contributed by atoms with Crippen molar-refractivity contribution in [3.8, 4) is 0 Å². The third-order valence-electron chi connectivity index (χ3n) is 2.90. The van der Waals surface area contributed by atoms with Gasteiger partial charge in [0.1, 0.15) is 0 Å². The Kier molecular flexibility index (Phi) is 2.97. The highest BCUT2D eigenvalue weighted by molar-refractivity contribution is 7.90. The minimum atomic E-state index is -3.14. The lowest BCUT2D eigenvalue weighted by molar-refractivity contribution is 0.602. The molecule has 17 heavy (non-hydrogen) atoms. The topological polar surface area (TPSA) is 51.1 Å². The van der Waals surface area contributed by atoms with E-state index in [-0.39, 0.29) is 0 Å². The minimum absolute atomic E-state index is 0.363. The molecule has 0 fully saturated rings. The Bertz CT molecular complexity index is 656. The molecule has 4 nitrogen and oxygen atoms in total. The summed E-state index contributed by atoms with van der Waals surface area (Å²) in [6.45, 7) is 0.763. The number of hydrogen-bond acceptors (Lipinski definition) is 3. The van der Waals surface area contributed by atoms with Gasteiger partial charge in [-0.2, -0.15) is 0 Å². The SMILES string of the molecule is CNCc1cc2ccc(S(C)(=O)=O)cc2n1C. The number of sulfone groups is 1. The Morgan fingerprint density at radius 3 is 2.59 bits per heavy atom. The Hall–Kier alpha value is -1.33. The van der Waals surface area contributed by atoms with E-state index in [4.69, 9.17) is 0 Å². The second-order valence-electron chi connectivity index (χ2n) is 4.22. The molecule has 0 spiro atoms. The van der Waals surface area contributed by atoms with Crippen molar-refractivity contribution in [3.05, 3.63) is 30.0 Å². The van der Waals surface area contributed by atoms with E-state index < -0.39 is 9.84 Å². The molecule has 1 aromatic heterocycles. The van der Waals surface area contributed by atoms with Crippen molar-refractivity contribution in [2.45, 2.75) is 11.4 Å². The molecule has 0 radical (unpaired) electrons. The lowest BCUT2D eigenvalue weighted by Gasteiger charge is -2.04. The van der Waals surface area contributed by atoms with Gasteiger partial charge in [0.05, 0.1) is 4.90 Å². The van der Waals surface area contributed by atoms with Gasteiger partial charge in [-0.25, -0.2) is 8.42 Å². The fourth-order valence-corrected chi connectivity index (χ4v) is 2.59. The summed E-state index contributed by atoms with van der Waals surface area (Å²) < 4.78 is 25.0. The van der Waals surface area contributed by atoms with E-state index in [0.717, 1.165) is 23.1 Å². The van der Waals surface area contributed by atoms with E-state index in [1.54, 1.807) is 12.1 Å². The second kappa shape index (κ2) is 4.16. The number of aryl methyl sites for hydroxylation is 1. The van der Waals surface area contributed by atoms with E-state index >= 15 is 0 Å². The van der Waals surface area contributed by atoms with Crippen LogP contribution in [0.15, 0.2) is 29.2 Å². The normalized spacial score (nSPS) is 12.2. The molecule has 0 aliphatic heterocycles. The van der Waals surface area contributed by atoms with Gasteiger partial charge in [-0.15, -0.1) is 0 Å². The van der Waals surface area contributed by atoms with E-state index in [2.05, 4.69) is 11.4 Å². The maximum Gasteiger partial charge on any atom is 0.175 e. The molecule has 5 heteroatoms. The first-order valence-corrected chi connectivity index (χ1v) is 7.25. The molecule has 0 amide bonds. The van der Waals surface area contributed by atoms with Gasteiger partial charge in [-0.1, -0.05) is 6.07 Å². The Labute approximate surface area is 101 Å². The molecule has 1 N–H and O–H groups in total. The summed E-state index contributed by atoms with van der Waals surface area (Å²) in [5, 5.41) is 4.15. The summed E-state index contributed by atoms with van der Waals surface area (Å²) in [4.78, 5) is 0.363. The molecule has 1 aromatic carbocycles. The predicted molar refractivity (Wildman–Crippen MR) is 68.8 cm³/mol. The van der Waals surface area contributed by atoms with E-state index in [1.807, 2.05) is 24.7 Å². The third-order valence-corrected chi connectivity index (χ3v) is 4.01. The fraction of sp³-hybridized carbons (Fsp3) is 0.333. The quantitative estimate of drug-likeness (QED) is 0.896. The molecule has 1 heterocycles. The molecule has 0 aliphatic rings. The van der Waals surface area contributed by atoms with Gasteiger partial charge in [0.15, 0.2) is 9.84 Å². The summed E-state index contributed by atoms with van der Waals surface area (Å²) in [5.41, 5.74) is 2.08. The summed E-state index contributed by atoms with van der Waals surface area (Å²) in [7, 11) is 0.691. The van der Waals surface area contributed by atoms with Crippen LogP contribution in [0.2, 0.25) is 0 Å². The number of nitrogens with zero attached hydrogens (tertiary/aromatic N) is 1. The van der Waals surface area contributed by atoms with Crippen molar-refractivity contribution in [1.82, 2.24) is 9.88 Å². The van der Waals surface area contributed by atoms with Crippen LogP contribution in [0.3, 0.4) is 0 Å². The molecule has 2 aromatic rings. The monoisotopic (exact) mass is 252 g/mol. The maximum absolute atomic E-state index is 11.5. The van der Waals surface area contributed by atoms with Crippen LogP contribution in [0.1, 0.15) is 5.69 Å². The highest BCUT2D eigenvalue weighted by Crippen LogP contribution is 2.22. The van der Waals surface area contributed by atoms with Crippen molar-refractivity contribution in [2.75, 3.05) is 13.3 Å². The average molecular weight is 252 g/mol. The van der Waals surface area contributed by atoms with E-state index in [0.29, 0.717) is 4.90 Å². The van der Waals surface area contributed by atoms with Crippen molar-refractivity contribution >= 4 is 20.7 Å². The van der Waals surface area contributed by atoms with E-state index in [9.17, 15) is 8.42 Å². The van der Waals surface area contributed by atoms with Gasteiger partial charge in [0, 0.05) is 31.1 Å². The summed E-state index contributed by atoms with van der Waals surface area (Å²) >= 11 is 0. The number of rotatable bonds is 3. The molecule has 0 atom stereocenters. The first kappa shape index (κ1) is 12.1. The highest BCUT2D eigenvalue weighted by atomic mass is 32.2. The molecule has 2 rings (SSSR count). The van der Waals surface area contributed by atoms with Crippen LogP contribution in [0.25, 0.3) is 10.9 Å². The molecular formula is C12H16N2O2S. The number of benzene rings is 1. The van der Waals surface area contributed by atoms with Crippen LogP contribution in [0.5, 0.6) is 0 Å². The van der Waals surface area contributed by atoms with Gasteiger partial charge in [0.25, 0.3) is 0 Å². The number of fused-ring (bicyclic) bond motifs is 1. The minimum Gasteiger partial charge on any atom is -0.346 e. The molecule has 0 bridgehead atoms. The Balaban J connectivity index is 2.65. The lowest BCUT2D eigenvalue weighted by Crippen LogP contribution is -2.08. The third kappa shape index (κ3) is 2.21. The van der Waals surface area contributed by atoms with Crippen molar-refractivity contribution in [3.63, 3.8) is 0 Å². The second-order valence-corrected chi connectivity index (χ2v) is 6.23. The summed E-state index contributed by atoms with van der Waals surface area (Å²) in [6.07, 6.45) is 1.23. The van der Waals surface area contributed by atoms with Gasteiger partial charge in [0.2, 0.25) is 0 Å². The Morgan fingerprint density at radius 2 is 2.00 bits per heavy atom. The van der Waals surface area contributed by atoms with Crippen LogP contribution in [0.4, 0.5) is 0 Å². The molecular weight excluding hydrogens is 236 g/mol. The van der Waals surface area contributed by atoms with Gasteiger partial charge < -0.3 is 9.88 Å². The molecule has 0 saturated carbocycles.